The molecule has 0 radical (unpaired) electrons. The minimum atomic E-state index is -0.957. The lowest BCUT2D eigenvalue weighted by Crippen LogP contribution is -2.39. The second-order valence-corrected chi connectivity index (χ2v) is 4.42. The smallest absolute Gasteiger partial charge is 0.116 e. The number of aromatic amines is 1. The molecule has 0 bridgehead atoms. The molecule has 3 heterocycles. The van der Waals surface area contributed by atoms with Crippen molar-refractivity contribution in [2.75, 3.05) is 18.1 Å². The summed E-state index contributed by atoms with van der Waals surface area (Å²) in [6.45, 7) is 0.0410. The normalized spacial score (nSPS) is 28.2. The van der Waals surface area contributed by atoms with E-state index in [1.165, 1.54) is 6.33 Å². The van der Waals surface area contributed by atoms with E-state index in [1.807, 2.05) is 0 Å². The van der Waals surface area contributed by atoms with Crippen LogP contribution in [0.1, 0.15) is 0 Å². The molecule has 2 aromatic heterocycles. The Balaban J connectivity index is 2.04. The third-order valence-corrected chi connectivity index (χ3v) is 3.39. The number of nitrogens with one attached hydrogen (secondary N) is 1. The summed E-state index contributed by atoms with van der Waals surface area (Å²) < 4.78 is 0. The SMILES string of the molecule is OCC1C(O)C(O)CN1c1c[nH]c2cncnc12. The maximum atomic E-state index is 9.80. The number of aromatic nitrogens is 3. The molecule has 0 aliphatic carbocycles. The quantitative estimate of drug-likeness (QED) is 0.537. The van der Waals surface area contributed by atoms with E-state index in [9.17, 15) is 15.3 Å². The molecule has 3 rings (SSSR count). The number of aliphatic hydroxyl groups is 3. The van der Waals surface area contributed by atoms with Gasteiger partial charge >= 0.3 is 0 Å². The molecule has 1 aliphatic heterocycles. The van der Waals surface area contributed by atoms with E-state index >= 15 is 0 Å². The zero-order valence-corrected chi connectivity index (χ0v) is 9.56. The molecule has 3 unspecified atom stereocenters. The van der Waals surface area contributed by atoms with Crippen LogP contribution in [0, 0.1) is 0 Å². The van der Waals surface area contributed by atoms with Crippen LogP contribution in [0.5, 0.6) is 0 Å². The first-order chi connectivity index (χ1) is 8.72. The van der Waals surface area contributed by atoms with Gasteiger partial charge in [-0.05, 0) is 0 Å². The fourth-order valence-corrected chi connectivity index (χ4v) is 2.44. The van der Waals surface area contributed by atoms with Crippen LogP contribution in [0.2, 0.25) is 0 Å². The molecule has 1 saturated heterocycles. The maximum Gasteiger partial charge on any atom is 0.116 e. The molecule has 7 nitrogen and oxygen atoms in total. The van der Waals surface area contributed by atoms with E-state index in [4.69, 9.17) is 0 Å². The van der Waals surface area contributed by atoms with E-state index in [-0.39, 0.29) is 13.2 Å². The molecule has 96 valence electrons. The van der Waals surface area contributed by atoms with Gasteiger partial charge in [0, 0.05) is 12.7 Å². The summed E-state index contributed by atoms with van der Waals surface area (Å²) in [5, 5.41) is 28.8. The summed E-state index contributed by atoms with van der Waals surface area (Å²) in [5.41, 5.74) is 2.24. The van der Waals surface area contributed by atoms with Gasteiger partial charge in [-0.25, -0.2) is 9.97 Å². The van der Waals surface area contributed by atoms with Gasteiger partial charge in [-0.15, -0.1) is 0 Å². The first kappa shape index (κ1) is 11.4. The van der Waals surface area contributed by atoms with Gasteiger partial charge in [-0.3, -0.25) is 0 Å². The van der Waals surface area contributed by atoms with Crippen molar-refractivity contribution in [3.8, 4) is 0 Å². The van der Waals surface area contributed by atoms with Gasteiger partial charge < -0.3 is 25.2 Å². The second kappa shape index (κ2) is 4.20. The molecular formula is C11H14N4O3. The molecule has 1 fully saturated rings. The van der Waals surface area contributed by atoms with Gasteiger partial charge in [-0.2, -0.15) is 0 Å². The number of hydrogen-bond acceptors (Lipinski definition) is 6. The van der Waals surface area contributed by atoms with Crippen LogP contribution in [-0.4, -0.2) is 61.7 Å². The lowest BCUT2D eigenvalue weighted by atomic mass is 10.1. The lowest BCUT2D eigenvalue weighted by molar-refractivity contribution is 0.0305. The predicted octanol–water partition coefficient (Wildman–Crippen LogP) is -1.14. The Morgan fingerprint density at radius 3 is 3.06 bits per heavy atom. The molecule has 1 aliphatic rings. The van der Waals surface area contributed by atoms with Crippen molar-refractivity contribution in [2.24, 2.45) is 0 Å². The third kappa shape index (κ3) is 1.56. The Labute approximate surface area is 103 Å². The molecule has 4 N–H and O–H groups in total. The number of β-amino-alcohol motifs (C(OH)–C–C–N with tert-alkyl or cyclic N) is 1. The molecule has 0 saturated carbocycles. The van der Waals surface area contributed by atoms with Crippen LogP contribution in [0.3, 0.4) is 0 Å². The minimum Gasteiger partial charge on any atom is -0.394 e. The first-order valence-corrected chi connectivity index (χ1v) is 5.73. The number of nitrogens with zero attached hydrogens (tertiary/aromatic N) is 3. The molecule has 2 aromatic rings. The fourth-order valence-electron chi connectivity index (χ4n) is 2.44. The van der Waals surface area contributed by atoms with E-state index in [0.717, 1.165) is 11.2 Å². The van der Waals surface area contributed by atoms with Crippen LogP contribution in [0.15, 0.2) is 18.7 Å². The van der Waals surface area contributed by atoms with Crippen molar-refractivity contribution in [2.45, 2.75) is 18.2 Å². The standard InChI is InChI=1S/C11H14N4O3/c16-4-8-11(18)9(17)3-15(8)7-2-13-6-1-12-5-14-10(6)7/h1-2,5,8-9,11,13,16-18H,3-4H2. The summed E-state index contributed by atoms with van der Waals surface area (Å²) in [7, 11) is 0. The van der Waals surface area contributed by atoms with Gasteiger partial charge in [0.1, 0.15) is 17.9 Å². The van der Waals surface area contributed by atoms with Crippen LogP contribution in [-0.2, 0) is 0 Å². The summed E-state index contributed by atoms with van der Waals surface area (Å²) >= 11 is 0. The highest BCUT2D eigenvalue weighted by Gasteiger charge is 2.40. The highest BCUT2D eigenvalue weighted by atomic mass is 16.3. The lowest BCUT2D eigenvalue weighted by Gasteiger charge is -2.24. The Morgan fingerprint density at radius 1 is 1.44 bits per heavy atom. The summed E-state index contributed by atoms with van der Waals surface area (Å²) in [5.74, 6) is 0. The molecule has 0 aromatic carbocycles. The van der Waals surface area contributed by atoms with Gasteiger partial charge in [0.15, 0.2) is 0 Å². The summed E-state index contributed by atoms with van der Waals surface area (Å²) in [6, 6.07) is -0.519. The van der Waals surface area contributed by atoms with Crippen LogP contribution < -0.4 is 4.90 Å². The summed E-state index contributed by atoms with van der Waals surface area (Å²) in [6.07, 6.45) is 3.02. The molecule has 0 amide bonds. The van der Waals surface area contributed by atoms with Crippen LogP contribution in [0.4, 0.5) is 5.69 Å². The van der Waals surface area contributed by atoms with E-state index < -0.39 is 18.2 Å². The molecule has 3 atom stereocenters. The Morgan fingerprint density at radius 2 is 2.28 bits per heavy atom. The van der Waals surface area contributed by atoms with Crippen molar-refractivity contribution >= 4 is 16.7 Å². The monoisotopic (exact) mass is 250 g/mol. The zero-order chi connectivity index (χ0) is 12.7. The van der Waals surface area contributed by atoms with Crippen molar-refractivity contribution in [3.63, 3.8) is 0 Å². The molecular weight excluding hydrogens is 236 g/mol. The van der Waals surface area contributed by atoms with E-state index in [0.29, 0.717) is 5.52 Å². The Kier molecular flexibility index (Phi) is 2.66. The highest BCUT2D eigenvalue weighted by molar-refractivity contribution is 5.88. The van der Waals surface area contributed by atoms with E-state index in [2.05, 4.69) is 15.0 Å². The molecule has 18 heavy (non-hydrogen) atoms. The van der Waals surface area contributed by atoms with Crippen molar-refractivity contribution in [3.05, 3.63) is 18.7 Å². The predicted molar refractivity (Wildman–Crippen MR) is 64.1 cm³/mol. The first-order valence-electron chi connectivity index (χ1n) is 5.73. The average Bonchev–Trinajstić information content (AvgIpc) is 2.92. The Hall–Kier alpha value is -1.70. The average molecular weight is 250 g/mol. The molecule has 0 spiro atoms. The van der Waals surface area contributed by atoms with Gasteiger partial charge in [0.25, 0.3) is 0 Å². The summed E-state index contributed by atoms with van der Waals surface area (Å²) in [4.78, 5) is 12.9. The van der Waals surface area contributed by atoms with Crippen molar-refractivity contribution in [1.82, 2.24) is 15.0 Å². The van der Waals surface area contributed by atoms with E-state index in [1.54, 1.807) is 17.3 Å². The number of anilines is 1. The van der Waals surface area contributed by atoms with Gasteiger partial charge in [0.2, 0.25) is 0 Å². The van der Waals surface area contributed by atoms with Crippen LogP contribution in [0.25, 0.3) is 11.0 Å². The number of H-pyrrole nitrogens is 1. The molecule has 7 heteroatoms. The van der Waals surface area contributed by atoms with Crippen molar-refractivity contribution in [1.29, 1.82) is 0 Å². The minimum absolute atomic E-state index is 0.226. The van der Waals surface area contributed by atoms with Crippen molar-refractivity contribution < 1.29 is 15.3 Å². The topological polar surface area (TPSA) is 106 Å². The number of rotatable bonds is 2. The van der Waals surface area contributed by atoms with Gasteiger partial charge in [0.05, 0.1) is 36.2 Å². The Bertz CT molecular complexity index is 558. The largest absolute Gasteiger partial charge is 0.394 e. The number of aliphatic hydroxyl groups excluding tert-OH is 3. The fraction of sp³-hybridized carbons (Fsp3) is 0.455. The van der Waals surface area contributed by atoms with Gasteiger partial charge in [-0.1, -0.05) is 0 Å². The second-order valence-electron chi connectivity index (χ2n) is 4.42. The highest BCUT2D eigenvalue weighted by Crippen LogP contribution is 2.30. The maximum absolute atomic E-state index is 9.80. The number of hydrogen-bond donors (Lipinski definition) is 4. The zero-order valence-electron chi connectivity index (χ0n) is 9.56. The third-order valence-electron chi connectivity index (χ3n) is 3.39. The van der Waals surface area contributed by atoms with Crippen LogP contribution >= 0.6 is 0 Å². The number of fused-ring (bicyclic) bond motifs is 1.